The zero-order valence-corrected chi connectivity index (χ0v) is 27.0. The third-order valence-corrected chi connectivity index (χ3v) is 8.08. The fourth-order valence-corrected chi connectivity index (χ4v) is 5.67. The van der Waals surface area contributed by atoms with Crippen LogP contribution in [0.2, 0.25) is 0 Å². The summed E-state index contributed by atoms with van der Waals surface area (Å²) in [6.07, 6.45) is 37.6. The van der Waals surface area contributed by atoms with Gasteiger partial charge in [0.25, 0.3) is 0 Å². The van der Waals surface area contributed by atoms with Crippen LogP contribution in [0.25, 0.3) is 0 Å². The summed E-state index contributed by atoms with van der Waals surface area (Å²) >= 11 is -2.36. The molecule has 0 aliphatic rings. The lowest BCUT2D eigenvalue weighted by Gasteiger charge is -2.17. The van der Waals surface area contributed by atoms with Gasteiger partial charge in [0, 0.05) is 11.3 Å². The van der Waals surface area contributed by atoms with Gasteiger partial charge in [-0.3, -0.25) is 9.35 Å². The monoisotopic (exact) mass is 564 g/mol. The lowest BCUT2D eigenvalue weighted by Crippen LogP contribution is -1.99. The highest BCUT2D eigenvalue weighted by Crippen LogP contribution is 2.28. The molecule has 0 saturated heterocycles. The summed E-state index contributed by atoms with van der Waals surface area (Å²) in [5, 5.41) is 4.03. The van der Waals surface area contributed by atoms with E-state index in [2.05, 4.69) is 49.3 Å². The quantitative estimate of drug-likeness (QED) is 0.0852. The molecule has 2 N–H and O–H groups in total. The van der Waals surface area contributed by atoms with Crippen molar-refractivity contribution < 1.29 is 8.76 Å². The summed E-state index contributed by atoms with van der Waals surface area (Å²) in [7, 11) is 0. The van der Waals surface area contributed by atoms with E-state index in [4.69, 9.17) is 8.76 Å². The van der Waals surface area contributed by atoms with Crippen molar-refractivity contribution in [3.05, 3.63) is 35.9 Å². The van der Waals surface area contributed by atoms with Gasteiger partial charge in [0.2, 0.25) is 0 Å². The normalized spacial score (nSPS) is 11.9. The van der Waals surface area contributed by atoms with Crippen LogP contribution in [0.1, 0.15) is 192 Å². The van der Waals surface area contributed by atoms with Crippen LogP contribution >= 0.6 is 0 Å². The van der Waals surface area contributed by atoms with Crippen LogP contribution in [0, 0.1) is 0 Å². The van der Waals surface area contributed by atoms with E-state index >= 15 is 0 Å². The number of hydrogen-bond donors (Lipinski definition) is 1. The molecule has 0 aromatic heterocycles. The standard InChI is InChI=1S/C35H64.H3NO2S/c1-3-5-7-9-11-13-15-17-19-21-23-26-30-34(35-32-28-25-29-33-35)31-27-24-22-20-18-16-14-12-10-8-6-4-2;1-4(2)3/h25,28-29,32-34H,3-24,26-27,30-31H2,1-2H3;1H2,(H,2,3)/p-1. The number of benzene rings is 1. The molecule has 1 unspecified atom stereocenters. The molecule has 1 atom stereocenters. The van der Waals surface area contributed by atoms with Crippen LogP contribution in [0.3, 0.4) is 0 Å². The van der Waals surface area contributed by atoms with Crippen molar-refractivity contribution in [3.63, 3.8) is 0 Å². The summed E-state index contributed by atoms with van der Waals surface area (Å²) < 4.78 is 17.6. The van der Waals surface area contributed by atoms with Crippen LogP contribution in [0.5, 0.6) is 0 Å². The molecule has 39 heavy (non-hydrogen) atoms. The number of hydrogen-bond acceptors (Lipinski definition) is 2. The molecule has 0 saturated carbocycles. The van der Waals surface area contributed by atoms with Crippen LogP contribution in [-0.4, -0.2) is 8.76 Å². The zero-order chi connectivity index (χ0) is 28.7. The van der Waals surface area contributed by atoms with E-state index in [1.54, 1.807) is 5.56 Å². The Balaban J connectivity index is 0.00000336. The van der Waals surface area contributed by atoms with Gasteiger partial charge in [0.05, 0.1) is 0 Å². The first-order valence-corrected chi connectivity index (χ1v) is 18.1. The van der Waals surface area contributed by atoms with E-state index in [0.29, 0.717) is 0 Å². The third kappa shape index (κ3) is 30.1. The molecule has 0 bridgehead atoms. The summed E-state index contributed by atoms with van der Waals surface area (Å²) in [6, 6.07) is 11.4. The Labute approximate surface area is 247 Å². The number of nitrogens with two attached hydrogens (primary N) is 1. The van der Waals surface area contributed by atoms with Gasteiger partial charge in [0.1, 0.15) is 0 Å². The predicted molar refractivity (Wildman–Crippen MR) is 174 cm³/mol. The Kier molecular flexibility index (Phi) is 31.2. The molecule has 0 amide bonds. The van der Waals surface area contributed by atoms with E-state index < -0.39 is 11.3 Å². The summed E-state index contributed by atoms with van der Waals surface area (Å²) in [6.45, 7) is 4.61. The van der Waals surface area contributed by atoms with Gasteiger partial charge in [-0.05, 0) is 24.3 Å². The van der Waals surface area contributed by atoms with Gasteiger partial charge in [0.15, 0.2) is 0 Å². The summed E-state index contributed by atoms with van der Waals surface area (Å²) in [4.78, 5) is 0. The van der Waals surface area contributed by atoms with Crippen molar-refractivity contribution in [2.75, 3.05) is 0 Å². The Morgan fingerprint density at radius 3 is 1.08 bits per heavy atom. The molecule has 0 heterocycles. The minimum Gasteiger partial charge on any atom is -0.760 e. The van der Waals surface area contributed by atoms with E-state index in [1.807, 2.05) is 0 Å². The maximum atomic E-state index is 8.78. The van der Waals surface area contributed by atoms with E-state index in [0.717, 1.165) is 5.92 Å². The van der Waals surface area contributed by atoms with Crippen LogP contribution in [-0.2, 0) is 11.3 Å². The van der Waals surface area contributed by atoms with Crippen LogP contribution in [0.4, 0.5) is 0 Å². The second kappa shape index (κ2) is 31.8. The molecule has 0 aliphatic carbocycles. The maximum Gasteiger partial charge on any atom is 0.0152 e. The predicted octanol–water partition coefficient (Wildman–Crippen LogP) is 11.7. The number of rotatable bonds is 27. The molecule has 4 heteroatoms. The minimum atomic E-state index is -2.36. The van der Waals surface area contributed by atoms with E-state index in [1.165, 1.54) is 167 Å². The first-order valence-electron chi connectivity index (χ1n) is 17.0. The highest BCUT2D eigenvalue weighted by molar-refractivity contribution is 7.76. The largest absolute Gasteiger partial charge is 0.760 e. The van der Waals surface area contributed by atoms with Crippen molar-refractivity contribution in [1.82, 2.24) is 0 Å². The molecular formula is C35H66NO2S-. The average Bonchev–Trinajstić information content (AvgIpc) is 2.93. The molecule has 0 aliphatic heterocycles. The average molecular weight is 565 g/mol. The molecule has 1 rings (SSSR count). The SMILES string of the molecule is CCCCCCCCCCCCCCC(CCCCCCCCCCCCCC)c1ccccc1.NS(=O)[O-]. The van der Waals surface area contributed by atoms with Crippen molar-refractivity contribution in [2.24, 2.45) is 5.14 Å². The fraction of sp³-hybridized carbons (Fsp3) is 0.829. The Morgan fingerprint density at radius 1 is 0.538 bits per heavy atom. The van der Waals surface area contributed by atoms with E-state index in [9.17, 15) is 0 Å². The molecule has 230 valence electrons. The fourth-order valence-electron chi connectivity index (χ4n) is 5.67. The lowest BCUT2D eigenvalue weighted by atomic mass is 9.88. The van der Waals surface area contributed by atoms with E-state index in [-0.39, 0.29) is 0 Å². The van der Waals surface area contributed by atoms with Crippen LogP contribution < -0.4 is 5.14 Å². The minimum absolute atomic E-state index is 0.794. The van der Waals surface area contributed by atoms with Crippen LogP contribution in [0.15, 0.2) is 30.3 Å². The molecule has 1 aromatic rings. The number of unbranched alkanes of at least 4 members (excludes halogenated alkanes) is 22. The van der Waals surface area contributed by atoms with Gasteiger partial charge in [-0.1, -0.05) is 198 Å². The highest BCUT2D eigenvalue weighted by atomic mass is 32.2. The zero-order valence-electron chi connectivity index (χ0n) is 26.2. The van der Waals surface area contributed by atoms with Gasteiger partial charge in [-0.15, -0.1) is 0 Å². The molecule has 0 radical (unpaired) electrons. The molecular weight excluding hydrogens is 498 g/mol. The smallest absolute Gasteiger partial charge is 0.0152 e. The van der Waals surface area contributed by atoms with Gasteiger partial charge >= 0.3 is 0 Å². The van der Waals surface area contributed by atoms with Gasteiger partial charge in [-0.2, -0.15) is 0 Å². The lowest BCUT2D eigenvalue weighted by molar-refractivity contribution is 0.480. The van der Waals surface area contributed by atoms with Crippen molar-refractivity contribution >= 4 is 11.3 Å². The first kappa shape index (κ1) is 38.3. The van der Waals surface area contributed by atoms with Crippen molar-refractivity contribution in [2.45, 2.75) is 187 Å². The van der Waals surface area contributed by atoms with Gasteiger partial charge < -0.3 is 4.55 Å². The summed E-state index contributed by atoms with van der Waals surface area (Å²) in [5.74, 6) is 0.794. The third-order valence-electron chi connectivity index (χ3n) is 8.08. The second-order valence-corrected chi connectivity index (χ2v) is 12.2. The maximum absolute atomic E-state index is 8.78. The highest BCUT2D eigenvalue weighted by Gasteiger charge is 2.11. The second-order valence-electron chi connectivity index (χ2n) is 11.7. The van der Waals surface area contributed by atoms with Gasteiger partial charge in [-0.25, -0.2) is 0 Å². The Morgan fingerprint density at radius 2 is 0.795 bits per heavy atom. The Hall–Kier alpha value is -0.710. The summed E-state index contributed by atoms with van der Waals surface area (Å²) in [5.41, 5.74) is 1.60. The molecule has 1 aromatic carbocycles. The topological polar surface area (TPSA) is 66.2 Å². The van der Waals surface area contributed by atoms with Crippen molar-refractivity contribution in [3.8, 4) is 0 Å². The molecule has 0 spiro atoms. The Bertz CT molecular complexity index is 578. The first-order chi connectivity index (χ1) is 19.1. The molecule has 0 fully saturated rings. The molecule has 3 nitrogen and oxygen atoms in total. The van der Waals surface area contributed by atoms with Crippen molar-refractivity contribution in [1.29, 1.82) is 0 Å².